The number of rotatable bonds is 2. The molecule has 0 radical (unpaired) electrons. The minimum Gasteiger partial charge on any atom is -0.544 e. The molecule has 0 aliphatic carbocycles. The van der Waals surface area contributed by atoms with Gasteiger partial charge in [0.2, 0.25) is 8.32 Å². The van der Waals surface area contributed by atoms with E-state index < -0.39 is 8.32 Å². The average Bonchev–Trinajstić information content (AvgIpc) is 2.03. The van der Waals surface area contributed by atoms with Crippen LogP contribution >= 0.6 is 0 Å². The lowest BCUT2D eigenvalue weighted by Gasteiger charge is -2.18. The zero-order valence-electron chi connectivity index (χ0n) is 8.29. The predicted molar refractivity (Wildman–Crippen MR) is 58.4 cm³/mol. The molecule has 1 nitrogen and oxygen atoms in total. The van der Waals surface area contributed by atoms with Crippen LogP contribution in [0.4, 0.5) is 0 Å². The lowest BCUT2D eigenvalue weighted by atomic mass is 10.2. The Hall–Kier alpha value is -1.20. The Balaban J connectivity index is 2.77. The van der Waals surface area contributed by atoms with Crippen LogP contribution in [-0.4, -0.2) is 8.32 Å². The second-order valence-electron chi connectivity index (χ2n) is 3.88. The summed E-state index contributed by atoms with van der Waals surface area (Å²) in [5.41, 5.74) is 0.892. The van der Waals surface area contributed by atoms with E-state index in [1.165, 1.54) is 0 Å². The molecule has 2 heteroatoms. The fraction of sp³-hybridized carbons (Fsp3) is 0.273. The third-order valence-electron chi connectivity index (χ3n) is 1.45. The van der Waals surface area contributed by atoms with Gasteiger partial charge >= 0.3 is 0 Å². The van der Waals surface area contributed by atoms with Crippen molar-refractivity contribution in [2.75, 3.05) is 0 Å². The van der Waals surface area contributed by atoms with E-state index in [4.69, 9.17) is 10.8 Å². The predicted octanol–water partition coefficient (Wildman–Crippen LogP) is 2.88. The van der Waals surface area contributed by atoms with Crippen LogP contribution in [-0.2, 0) is 0 Å². The lowest BCUT2D eigenvalue weighted by molar-refractivity contribution is 0.557. The van der Waals surface area contributed by atoms with Gasteiger partial charge in [-0.3, -0.25) is 0 Å². The molecule has 0 aromatic heterocycles. The SMILES string of the molecule is C#Cc1ccc(O[Si](C)(C)C)cc1. The van der Waals surface area contributed by atoms with Crippen LogP contribution in [0.25, 0.3) is 0 Å². The molecule has 0 atom stereocenters. The fourth-order valence-corrected chi connectivity index (χ4v) is 1.82. The molecule has 68 valence electrons. The molecular weight excluding hydrogens is 176 g/mol. The molecule has 0 unspecified atom stereocenters. The van der Waals surface area contributed by atoms with Crippen molar-refractivity contribution >= 4 is 8.32 Å². The third kappa shape index (κ3) is 3.35. The monoisotopic (exact) mass is 190 g/mol. The highest BCUT2D eigenvalue weighted by molar-refractivity contribution is 6.70. The van der Waals surface area contributed by atoms with Crippen LogP contribution in [0, 0.1) is 12.3 Å². The summed E-state index contributed by atoms with van der Waals surface area (Å²) in [6, 6.07) is 7.64. The molecule has 1 aromatic carbocycles. The molecule has 0 amide bonds. The Morgan fingerprint density at radius 2 is 1.69 bits per heavy atom. The molecule has 0 saturated heterocycles. The topological polar surface area (TPSA) is 9.23 Å². The Labute approximate surface area is 80.9 Å². The normalized spacial score (nSPS) is 10.6. The first-order valence-electron chi connectivity index (χ1n) is 4.27. The molecule has 13 heavy (non-hydrogen) atoms. The summed E-state index contributed by atoms with van der Waals surface area (Å²) < 4.78 is 5.77. The van der Waals surface area contributed by atoms with Crippen LogP contribution in [0.3, 0.4) is 0 Å². The Bertz CT molecular complexity index is 313. The zero-order valence-corrected chi connectivity index (χ0v) is 9.29. The van der Waals surface area contributed by atoms with Crippen molar-refractivity contribution in [3.63, 3.8) is 0 Å². The molecule has 0 aliphatic heterocycles. The number of terminal acetylenes is 1. The summed E-state index contributed by atoms with van der Waals surface area (Å²) in [4.78, 5) is 0. The molecular formula is C11H14OSi. The van der Waals surface area contributed by atoms with Gasteiger partial charge in [-0.1, -0.05) is 5.92 Å². The standard InChI is InChI=1S/C11H14OSi/c1-5-10-6-8-11(9-7-10)12-13(2,3)4/h1,6-9H,2-4H3. The number of hydrogen-bond acceptors (Lipinski definition) is 1. The minimum absolute atomic E-state index is 0.892. The van der Waals surface area contributed by atoms with E-state index in [2.05, 4.69) is 25.6 Å². The molecule has 1 aromatic rings. The van der Waals surface area contributed by atoms with E-state index in [-0.39, 0.29) is 0 Å². The summed E-state index contributed by atoms with van der Waals surface area (Å²) in [7, 11) is -1.48. The maximum Gasteiger partial charge on any atom is 0.242 e. The quantitative estimate of drug-likeness (QED) is 0.514. The second-order valence-corrected chi connectivity index (χ2v) is 8.31. The number of hydrogen-bond donors (Lipinski definition) is 0. The Morgan fingerprint density at radius 3 is 2.08 bits per heavy atom. The van der Waals surface area contributed by atoms with Gasteiger partial charge in [-0.05, 0) is 43.9 Å². The van der Waals surface area contributed by atoms with E-state index in [1.54, 1.807) is 0 Å². The molecule has 0 saturated carbocycles. The first kappa shape index (κ1) is 9.88. The molecule has 0 fully saturated rings. The van der Waals surface area contributed by atoms with E-state index in [0.29, 0.717) is 0 Å². The van der Waals surface area contributed by atoms with Gasteiger partial charge in [0, 0.05) is 5.56 Å². The first-order chi connectivity index (χ1) is 6.01. The summed E-state index contributed by atoms with van der Waals surface area (Å²) in [6.07, 6.45) is 5.25. The molecule has 0 N–H and O–H groups in total. The molecule has 0 bridgehead atoms. The smallest absolute Gasteiger partial charge is 0.242 e. The van der Waals surface area contributed by atoms with Gasteiger partial charge in [0.05, 0.1) is 0 Å². The summed E-state index contributed by atoms with van der Waals surface area (Å²) in [5.74, 6) is 3.49. The van der Waals surface area contributed by atoms with Gasteiger partial charge in [0.25, 0.3) is 0 Å². The van der Waals surface area contributed by atoms with Crippen LogP contribution in [0.1, 0.15) is 5.56 Å². The largest absolute Gasteiger partial charge is 0.544 e. The first-order valence-corrected chi connectivity index (χ1v) is 7.68. The van der Waals surface area contributed by atoms with Gasteiger partial charge in [-0.2, -0.15) is 0 Å². The van der Waals surface area contributed by atoms with Gasteiger partial charge in [0.1, 0.15) is 5.75 Å². The minimum atomic E-state index is -1.48. The third-order valence-corrected chi connectivity index (χ3v) is 2.29. The second kappa shape index (κ2) is 3.67. The van der Waals surface area contributed by atoms with Crippen molar-refractivity contribution in [3.8, 4) is 18.1 Å². The van der Waals surface area contributed by atoms with E-state index >= 15 is 0 Å². The Morgan fingerprint density at radius 1 is 1.15 bits per heavy atom. The van der Waals surface area contributed by atoms with E-state index in [0.717, 1.165) is 11.3 Å². The highest BCUT2D eigenvalue weighted by Crippen LogP contribution is 2.16. The summed E-state index contributed by atoms with van der Waals surface area (Å²) >= 11 is 0. The van der Waals surface area contributed by atoms with Crippen molar-refractivity contribution in [1.29, 1.82) is 0 Å². The molecule has 0 heterocycles. The van der Waals surface area contributed by atoms with Crippen LogP contribution < -0.4 is 4.43 Å². The van der Waals surface area contributed by atoms with Crippen molar-refractivity contribution in [1.82, 2.24) is 0 Å². The average molecular weight is 190 g/mol. The number of benzene rings is 1. The highest BCUT2D eigenvalue weighted by Gasteiger charge is 2.15. The Kier molecular flexibility index (Phi) is 2.79. The van der Waals surface area contributed by atoms with Crippen LogP contribution in [0.15, 0.2) is 24.3 Å². The molecule has 0 spiro atoms. The van der Waals surface area contributed by atoms with Gasteiger partial charge < -0.3 is 4.43 Å². The molecule has 0 aliphatic rings. The van der Waals surface area contributed by atoms with E-state index in [1.807, 2.05) is 24.3 Å². The van der Waals surface area contributed by atoms with Gasteiger partial charge in [-0.15, -0.1) is 6.42 Å². The van der Waals surface area contributed by atoms with Gasteiger partial charge in [0.15, 0.2) is 0 Å². The van der Waals surface area contributed by atoms with Crippen molar-refractivity contribution in [3.05, 3.63) is 29.8 Å². The zero-order chi connectivity index (χ0) is 9.90. The van der Waals surface area contributed by atoms with Crippen molar-refractivity contribution < 1.29 is 4.43 Å². The van der Waals surface area contributed by atoms with Gasteiger partial charge in [-0.25, -0.2) is 0 Å². The summed E-state index contributed by atoms with van der Waals surface area (Å²) in [5, 5.41) is 0. The van der Waals surface area contributed by atoms with E-state index in [9.17, 15) is 0 Å². The molecule has 1 rings (SSSR count). The van der Waals surface area contributed by atoms with Crippen molar-refractivity contribution in [2.45, 2.75) is 19.6 Å². The lowest BCUT2D eigenvalue weighted by Crippen LogP contribution is -2.29. The van der Waals surface area contributed by atoms with Crippen molar-refractivity contribution in [2.24, 2.45) is 0 Å². The maximum atomic E-state index is 5.77. The maximum absolute atomic E-state index is 5.77. The summed E-state index contributed by atoms with van der Waals surface area (Å²) in [6.45, 7) is 6.46. The highest BCUT2D eigenvalue weighted by atomic mass is 28.4. The fourth-order valence-electron chi connectivity index (χ4n) is 0.973. The van der Waals surface area contributed by atoms with Crippen LogP contribution in [0.2, 0.25) is 19.6 Å². The van der Waals surface area contributed by atoms with Crippen LogP contribution in [0.5, 0.6) is 5.75 Å².